The number of hydrogen-bond acceptors (Lipinski definition) is 4. The Morgan fingerprint density at radius 2 is 1.87 bits per heavy atom. The Labute approximate surface area is 177 Å². The van der Waals surface area contributed by atoms with Crippen molar-refractivity contribution in [2.24, 2.45) is 17.8 Å². The number of carbonyl (C=O) groups excluding carboxylic acids is 3. The molecule has 30 heavy (non-hydrogen) atoms. The van der Waals surface area contributed by atoms with Crippen LogP contribution in [0, 0.1) is 17.8 Å². The molecule has 1 aliphatic carbocycles. The molecular weight excluding hydrogens is 382 g/mol. The average molecular weight is 414 g/mol. The van der Waals surface area contributed by atoms with E-state index in [-0.39, 0.29) is 48.1 Å². The second-order valence-corrected chi connectivity index (χ2v) is 8.89. The molecule has 3 atom stereocenters. The van der Waals surface area contributed by atoms with Crippen molar-refractivity contribution in [3.8, 4) is 0 Å². The lowest BCUT2D eigenvalue weighted by atomic mass is 9.97. The Bertz CT molecular complexity index is 778. The van der Waals surface area contributed by atoms with Crippen LogP contribution in [0.2, 0.25) is 0 Å². The first-order chi connectivity index (χ1) is 14.5. The average Bonchev–Trinajstić information content (AvgIpc) is 3.08. The highest BCUT2D eigenvalue weighted by Gasteiger charge is 2.43. The minimum Gasteiger partial charge on any atom is -0.381 e. The molecule has 1 N–H and O–H groups in total. The molecule has 2 aliphatic heterocycles. The summed E-state index contributed by atoms with van der Waals surface area (Å²) >= 11 is 0. The summed E-state index contributed by atoms with van der Waals surface area (Å²) in [4.78, 5) is 42.0. The van der Waals surface area contributed by atoms with E-state index in [4.69, 9.17) is 4.74 Å². The molecule has 0 spiro atoms. The second kappa shape index (κ2) is 9.16. The van der Waals surface area contributed by atoms with Crippen molar-refractivity contribution in [2.45, 2.75) is 38.3 Å². The topological polar surface area (TPSA) is 79.0 Å². The van der Waals surface area contributed by atoms with Gasteiger partial charge in [-0.1, -0.05) is 30.3 Å². The van der Waals surface area contributed by atoms with Gasteiger partial charge in [0.15, 0.2) is 0 Å². The molecule has 3 amide bonds. The number of benzene rings is 1. The zero-order valence-electron chi connectivity index (χ0n) is 17.6. The molecule has 2 heterocycles. The van der Waals surface area contributed by atoms with E-state index in [1.54, 1.807) is 9.80 Å². The van der Waals surface area contributed by atoms with Gasteiger partial charge in [-0.3, -0.25) is 14.4 Å². The zero-order valence-corrected chi connectivity index (χ0v) is 17.6. The van der Waals surface area contributed by atoms with Gasteiger partial charge in [-0.15, -0.1) is 0 Å². The van der Waals surface area contributed by atoms with Crippen LogP contribution in [0.25, 0.3) is 0 Å². The van der Waals surface area contributed by atoms with Crippen LogP contribution in [0.5, 0.6) is 0 Å². The van der Waals surface area contributed by atoms with E-state index in [0.29, 0.717) is 39.1 Å². The van der Waals surface area contributed by atoms with Crippen LogP contribution in [0.1, 0.15) is 31.2 Å². The minimum atomic E-state index is -0.118. The maximum Gasteiger partial charge on any atom is 0.239 e. The van der Waals surface area contributed by atoms with Crippen molar-refractivity contribution in [1.82, 2.24) is 15.1 Å². The van der Waals surface area contributed by atoms with Crippen LogP contribution in [0.4, 0.5) is 0 Å². The number of nitrogens with zero attached hydrogens (tertiary/aromatic N) is 2. The van der Waals surface area contributed by atoms with E-state index >= 15 is 0 Å². The first kappa shape index (κ1) is 20.8. The molecule has 2 saturated heterocycles. The molecule has 4 rings (SSSR count). The summed E-state index contributed by atoms with van der Waals surface area (Å²) in [7, 11) is 1.84. The lowest BCUT2D eigenvalue weighted by Gasteiger charge is -2.29. The highest BCUT2D eigenvalue weighted by Crippen LogP contribution is 2.35. The lowest BCUT2D eigenvalue weighted by Crippen LogP contribution is -2.43. The fourth-order valence-corrected chi connectivity index (χ4v) is 5.10. The van der Waals surface area contributed by atoms with E-state index in [1.165, 1.54) is 0 Å². The van der Waals surface area contributed by atoms with Crippen molar-refractivity contribution in [3.63, 3.8) is 0 Å². The van der Waals surface area contributed by atoms with Crippen molar-refractivity contribution in [3.05, 3.63) is 35.9 Å². The van der Waals surface area contributed by atoms with E-state index in [9.17, 15) is 14.4 Å². The van der Waals surface area contributed by atoms with Crippen LogP contribution in [-0.4, -0.2) is 66.9 Å². The Hall–Kier alpha value is -2.41. The van der Waals surface area contributed by atoms with Crippen molar-refractivity contribution in [2.75, 3.05) is 33.4 Å². The largest absolute Gasteiger partial charge is 0.381 e. The molecule has 3 aliphatic rings. The number of carbonyl (C=O) groups is 3. The molecule has 1 aromatic carbocycles. The van der Waals surface area contributed by atoms with E-state index < -0.39 is 0 Å². The molecule has 7 nitrogen and oxygen atoms in total. The molecule has 7 heteroatoms. The fourth-order valence-electron chi connectivity index (χ4n) is 5.10. The van der Waals surface area contributed by atoms with Gasteiger partial charge in [0.25, 0.3) is 0 Å². The van der Waals surface area contributed by atoms with Gasteiger partial charge in [0, 0.05) is 51.2 Å². The number of ether oxygens (including phenoxy) is 1. The maximum absolute atomic E-state index is 13.0. The van der Waals surface area contributed by atoms with Gasteiger partial charge >= 0.3 is 0 Å². The van der Waals surface area contributed by atoms with Gasteiger partial charge in [0.05, 0.1) is 6.54 Å². The monoisotopic (exact) mass is 413 g/mol. The Balaban J connectivity index is 1.38. The Morgan fingerprint density at radius 1 is 1.13 bits per heavy atom. The molecule has 1 aromatic rings. The summed E-state index contributed by atoms with van der Waals surface area (Å²) in [6.07, 6.45) is 2.79. The van der Waals surface area contributed by atoms with E-state index in [2.05, 4.69) is 5.32 Å². The summed E-state index contributed by atoms with van der Waals surface area (Å²) in [5.74, 6) is 0.00704. The molecule has 0 aromatic heterocycles. The van der Waals surface area contributed by atoms with E-state index in [0.717, 1.165) is 18.4 Å². The Morgan fingerprint density at radius 3 is 2.60 bits per heavy atom. The normalized spacial score (nSPS) is 27.2. The maximum atomic E-state index is 13.0. The minimum absolute atomic E-state index is 0.0379. The third kappa shape index (κ3) is 4.67. The lowest BCUT2D eigenvalue weighted by molar-refractivity contribution is -0.141. The van der Waals surface area contributed by atoms with Crippen LogP contribution in [0.15, 0.2) is 30.3 Å². The number of fused-ring (bicyclic) bond motifs is 1. The van der Waals surface area contributed by atoms with Crippen molar-refractivity contribution in [1.29, 1.82) is 0 Å². The summed E-state index contributed by atoms with van der Waals surface area (Å²) in [5.41, 5.74) is 1.10. The number of rotatable bonds is 4. The van der Waals surface area contributed by atoms with Crippen LogP contribution in [0.3, 0.4) is 0 Å². The first-order valence-electron chi connectivity index (χ1n) is 11.0. The quantitative estimate of drug-likeness (QED) is 0.810. The van der Waals surface area contributed by atoms with Crippen molar-refractivity contribution < 1.29 is 19.1 Å². The standard InChI is InChI=1S/C23H31N3O4/c1-25(13-16-5-3-2-4-6-16)22(28)18-11-19-14-26(15-21(27)24-20(19)12-18)23(29)17-7-9-30-10-8-17/h2-6,17-20H,7-15H2,1H3,(H,24,27)/t18-,19+,20+/m0/s1. The van der Waals surface area contributed by atoms with Gasteiger partial charge in [0.1, 0.15) is 0 Å². The molecule has 0 radical (unpaired) electrons. The van der Waals surface area contributed by atoms with Crippen LogP contribution in [-0.2, 0) is 25.7 Å². The zero-order chi connectivity index (χ0) is 21.1. The van der Waals surface area contributed by atoms with Gasteiger partial charge in [-0.2, -0.15) is 0 Å². The van der Waals surface area contributed by atoms with Gasteiger partial charge in [-0.25, -0.2) is 0 Å². The molecule has 0 unspecified atom stereocenters. The number of nitrogens with one attached hydrogen (secondary N) is 1. The fraction of sp³-hybridized carbons (Fsp3) is 0.609. The van der Waals surface area contributed by atoms with Crippen molar-refractivity contribution >= 4 is 17.7 Å². The molecular formula is C23H31N3O4. The summed E-state index contributed by atoms with van der Waals surface area (Å²) in [6.45, 7) is 2.45. The predicted octanol–water partition coefficient (Wildman–Crippen LogP) is 1.42. The third-order valence-electron chi connectivity index (χ3n) is 6.70. The molecule has 1 saturated carbocycles. The number of hydrogen-bond donors (Lipinski definition) is 1. The Kier molecular flexibility index (Phi) is 6.37. The summed E-state index contributed by atoms with van der Waals surface area (Å²) in [5, 5.41) is 3.07. The highest BCUT2D eigenvalue weighted by molar-refractivity contribution is 5.87. The highest BCUT2D eigenvalue weighted by atomic mass is 16.5. The predicted molar refractivity (Wildman–Crippen MR) is 111 cm³/mol. The smallest absolute Gasteiger partial charge is 0.239 e. The molecule has 3 fully saturated rings. The summed E-state index contributed by atoms with van der Waals surface area (Å²) in [6, 6.07) is 9.91. The van der Waals surface area contributed by atoms with Crippen LogP contribution < -0.4 is 5.32 Å². The molecule has 162 valence electrons. The first-order valence-corrected chi connectivity index (χ1v) is 11.0. The second-order valence-electron chi connectivity index (χ2n) is 8.89. The SMILES string of the molecule is CN(Cc1ccccc1)C(=O)[C@H]1C[C@@H]2CN(C(=O)C3CCOCC3)CC(=O)N[C@@H]2C1. The van der Waals surface area contributed by atoms with Gasteiger partial charge < -0.3 is 19.9 Å². The van der Waals surface area contributed by atoms with Gasteiger partial charge in [0.2, 0.25) is 17.7 Å². The van der Waals surface area contributed by atoms with Gasteiger partial charge in [-0.05, 0) is 37.2 Å². The number of amides is 3. The molecule has 0 bridgehead atoms. The van der Waals surface area contributed by atoms with E-state index in [1.807, 2.05) is 37.4 Å². The van der Waals surface area contributed by atoms with Crippen LogP contribution >= 0.6 is 0 Å². The summed E-state index contributed by atoms with van der Waals surface area (Å²) < 4.78 is 5.37. The third-order valence-corrected chi connectivity index (χ3v) is 6.70.